The fraction of sp³-hybridized carbons (Fsp3) is 0.846. The maximum Gasteiger partial charge on any atom is 0.222 e. The number of hydrogen-bond donors (Lipinski definition) is 1. The van der Waals surface area contributed by atoms with Crippen LogP contribution >= 0.6 is 0 Å². The Hall–Kier alpha value is -1.06. The van der Waals surface area contributed by atoms with Crippen molar-refractivity contribution in [1.82, 2.24) is 10.2 Å². The van der Waals surface area contributed by atoms with E-state index in [1.165, 1.54) is 0 Å². The first-order chi connectivity index (χ1) is 7.82. The zero-order chi connectivity index (χ0) is 13.5. The summed E-state index contributed by atoms with van der Waals surface area (Å²) in [4.78, 5) is 24.7. The second-order valence-electron chi connectivity index (χ2n) is 5.33. The van der Waals surface area contributed by atoms with E-state index in [1.807, 2.05) is 14.0 Å². The number of hydrogen-bond acceptors (Lipinski definition) is 2. The fourth-order valence-electron chi connectivity index (χ4n) is 1.61. The Morgan fingerprint density at radius 3 is 2.35 bits per heavy atom. The predicted octanol–water partition coefficient (Wildman–Crippen LogP) is 1.80. The first-order valence-corrected chi connectivity index (χ1v) is 6.27. The number of nitrogens with one attached hydrogen (secondary N) is 1. The van der Waals surface area contributed by atoms with E-state index < -0.39 is 0 Å². The molecule has 4 nitrogen and oxygen atoms in total. The Bertz CT molecular complexity index is 262. The first kappa shape index (κ1) is 15.9. The smallest absolute Gasteiger partial charge is 0.222 e. The summed E-state index contributed by atoms with van der Waals surface area (Å²) in [6, 6.07) is 0. The maximum absolute atomic E-state index is 11.6. The predicted molar refractivity (Wildman–Crippen MR) is 69.6 cm³/mol. The molecule has 0 rings (SSSR count). The van der Waals surface area contributed by atoms with E-state index in [0.717, 1.165) is 12.8 Å². The van der Waals surface area contributed by atoms with Crippen LogP contribution in [0.1, 0.15) is 46.5 Å². The van der Waals surface area contributed by atoms with Crippen LogP contribution in [-0.2, 0) is 9.59 Å². The van der Waals surface area contributed by atoms with Gasteiger partial charge in [0.2, 0.25) is 11.8 Å². The van der Waals surface area contributed by atoms with Crippen molar-refractivity contribution in [2.75, 3.05) is 20.6 Å². The van der Waals surface area contributed by atoms with Crippen LogP contribution in [0.4, 0.5) is 0 Å². The standard InChI is InChI=1S/C13H26N2O2/c1-6-7-12(17)15(5)9-8-13(2,3)10-11(16)14-4/h6-10H2,1-5H3,(H,14,16). The van der Waals surface area contributed by atoms with Gasteiger partial charge in [-0.15, -0.1) is 0 Å². The van der Waals surface area contributed by atoms with Gasteiger partial charge in [-0.25, -0.2) is 0 Å². The molecule has 4 heteroatoms. The van der Waals surface area contributed by atoms with E-state index in [0.29, 0.717) is 19.4 Å². The van der Waals surface area contributed by atoms with Crippen molar-refractivity contribution in [3.63, 3.8) is 0 Å². The van der Waals surface area contributed by atoms with Crippen molar-refractivity contribution >= 4 is 11.8 Å². The van der Waals surface area contributed by atoms with Crippen LogP contribution < -0.4 is 5.32 Å². The molecular weight excluding hydrogens is 216 g/mol. The van der Waals surface area contributed by atoms with Gasteiger partial charge in [0, 0.05) is 33.5 Å². The minimum absolute atomic E-state index is 0.0533. The van der Waals surface area contributed by atoms with Crippen molar-refractivity contribution in [3.8, 4) is 0 Å². The quantitative estimate of drug-likeness (QED) is 0.740. The lowest BCUT2D eigenvalue weighted by molar-refractivity contribution is -0.130. The normalized spacial score (nSPS) is 11.1. The molecule has 0 aliphatic rings. The van der Waals surface area contributed by atoms with E-state index in [2.05, 4.69) is 19.2 Å². The largest absolute Gasteiger partial charge is 0.359 e. The minimum atomic E-state index is -0.0686. The summed E-state index contributed by atoms with van der Waals surface area (Å²) >= 11 is 0. The molecule has 0 atom stereocenters. The topological polar surface area (TPSA) is 49.4 Å². The molecule has 100 valence electrons. The van der Waals surface area contributed by atoms with Crippen molar-refractivity contribution in [1.29, 1.82) is 0 Å². The van der Waals surface area contributed by atoms with E-state index >= 15 is 0 Å². The summed E-state index contributed by atoms with van der Waals surface area (Å²) in [6.45, 7) is 6.82. The molecule has 0 aromatic carbocycles. The molecule has 0 spiro atoms. The van der Waals surface area contributed by atoms with Gasteiger partial charge in [-0.3, -0.25) is 9.59 Å². The van der Waals surface area contributed by atoms with E-state index in [4.69, 9.17) is 0 Å². The molecule has 0 aromatic heterocycles. The molecule has 0 unspecified atom stereocenters. The highest BCUT2D eigenvalue weighted by Gasteiger charge is 2.22. The molecule has 17 heavy (non-hydrogen) atoms. The van der Waals surface area contributed by atoms with Gasteiger partial charge in [-0.1, -0.05) is 20.8 Å². The molecule has 0 aromatic rings. The lowest BCUT2D eigenvalue weighted by atomic mass is 9.85. The lowest BCUT2D eigenvalue weighted by Crippen LogP contribution is -2.32. The number of carbonyl (C=O) groups excluding carboxylic acids is 2. The van der Waals surface area contributed by atoms with Gasteiger partial charge in [-0.2, -0.15) is 0 Å². The van der Waals surface area contributed by atoms with Crippen molar-refractivity contribution < 1.29 is 9.59 Å². The highest BCUT2D eigenvalue weighted by atomic mass is 16.2. The zero-order valence-corrected chi connectivity index (χ0v) is 11.8. The average Bonchev–Trinajstić information content (AvgIpc) is 2.25. The molecule has 2 amide bonds. The summed E-state index contributed by atoms with van der Waals surface area (Å²) in [5, 5.41) is 2.63. The Kier molecular flexibility index (Phi) is 6.85. The lowest BCUT2D eigenvalue weighted by Gasteiger charge is -2.27. The maximum atomic E-state index is 11.6. The molecule has 0 aliphatic carbocycles. The highest BCUT2D eigenvalue weighted by Crippen LogP contribution is 2.25. The van der Waals surface area contributed by atoms with Gasteiger partial charge >= 0.3 is 0 Å². The van der Waals surface area contributed by atoms with Gasteiger partial charge in [0.1, 0.15) is 0 Å². The molecule has 0 fully saturated rings. The summed E-state index contributed by atoms with van der Waals surface area (Å²) in [6.07, 6.45) is 2.82. The third-order valence-electron chi connectivity index (χ3n) is 2.93. The van der Waals surface area contributed by atoms with Gasteiger partial charge in [0.15, 0.2) is 0 Å². The highest BCUT2D eigenvalue weighted by molar-refractivity contribution is 5.76. The molecule has 0 aliphatic heterocycles. The zero-order valence-electron chi connectivity index (χ0n) is 11.8. The molecule has 0 radical (unpaired) electrons. The molecule has 0 saturated carbocycles. The second kappa shape index (κ2) is 7.30. The van der Waals surface area contributed by atoms with Crippen LogP contribution in [0, 0.1) is 5.41 Å². The van der Waals surface area contributed by atoms with Crippen LogP contribution in [0.25, 0.3) is 0 Å². The van der Waals surface area contributed by atoms with Crippen molar-refractivity contribution in [2.45, 2.75) is 46.5 Å². The van der Waals surface area contributed by atoms with Gasteiger partial charge in [-0.05, 0) is 18.3 Å². The van der Waals surface area contributed by atoms with Crippen LogP contribution in [0.3, 0.4) is 0 Å². The fourth-order valence-corrected chi connectivity index (χ4v) is 1.61. The second-order valence-corrected chi connectivity index (χ2v) is 5.33. The number of nitrogens with zero attached hydrogens (tertiary/aromatic N) is 1. The molecule has 0 saturated heterocycles. The van der Waals surface area contributed by atoms with Crippen molar-refractivity contribution in [3.05, 3.63) is 0 Å². The summed E-state index contributed by atoms with van der Waals surface area (Å²) in [5.74, 6) is 0.237. The van der Waals surface area contributed by atoms with Crippen LogP contribution in [0.15, 0.2) is 0 Å². The van der Waals surface area contributed by atoms with Crippen LogP contribution in [0.2, 0.25) is 0 Å². The van der Waals surface area contributed by atoms with Gasteiger partial charge < -0.3 is 10.2 Å². The van der Waals surface area contributed by atoms with E-state index in [1.54, 1.807) is 11.9 Å². The molecule has 0 heterocycles. The van der Waals surface area contributed by atoms with E-state index in [-0.39, 0.29) is 17.2 Å². The molecule has 0 bridgehead atoms. The third-order valence-corrected chi connectivity index (χ3v) is 2.93. The van der Waals surface area contributed by atoms with Crippen molar-refractivity contribution in [2.24, 2.45) is 5.41 Å². The van der Waals surface area contributed by atoms with Gasteiger partial charge in [0.05, 0.1) is 0 Å². The van der Waals surface area contributed by atoms with Crippen LogP contribution in [-0.4, -0.2) is 37.4 Å². The Morgan fingerprint density at radius 2 is 1.88 bits per heavy atom. The number of rotatable bonds is 7. The monoisotopic (exact) mass is 242 g/mol. The molecular formula is C13H26N2O2. The first-order valence-electron chi connectivity index (χ1n) is 6.27. The minimum Gasteiger partial charge on any atom is -0.359 e. The summed E-state index contributed by atoms with van der Waals surface area (Å²) < 4.78 is 0. The summed E-state index contributed by atoms with van der Waals surface area (Å²) in [5.41, 5.74) is -0.0686. The van der Waals surface area contributed by atoms with Crippen LogP contribution in [0.5, 0.6) is 0 Å². The third kappa shape index (κ3) is 6.97. The average molecular weight is 242 g/mol. The van der Waals surface area contributed by atoms with Gasteiger partial charge in [0.25, 0.3) is 0 Å². The SMILES string of the molecule is CCCC(=O)N(C)CCC(C)(C)CC(=O)NC. The molecule has 1 N–H and O–H groups in total. The van der Waals surface area contributed by atoms with E-state index in [9.17, 15) is 9.59 Å². The number of amides is 2. The summed E-state index contributed by atoms with van der Waals surface area (Å²) in [7, 11) is 3.48. The number of carbonyl (C=O) groups is 2. The Balaban J connectivity index is 4.08. The Morgan fingerprint density at radius 1 is 1.29 bits per heavy atom. The Labute approximate surface area is 105 Å².